The average molecular weight is 450 g/mol. The van der Waals surface area contributed by atoms with Crippen molar-refractivity contribution in [2.45, 2.75) is 13.5 Å². The molecular formula is C23H26N6O4. The van der Waals surface area contributed by atoms with Gasteiger partial charge in [0.1, 0.15) is 12.1 Å². The molecule has 0 aliphatic carbocycles. The molecule has 10 nitrogen and oxygen atoms in total. The van der Waals surface area contributed by atoms with Crippen LogP contribution in [0.3, 0.4) is 0 Å². The summed E-state index contributed by atoms with van der Waals surface area (Å²) in [6, 6.07) is 11.3. The van der Waals surface area contributed by atoms with Crippen molar-refractivity contribution in [2.24, 2.45) is 0 Å². The number of aryl methyl sites for hydroxylation is 1. The van der Waals surface area contributed by atoms with E-state index in [9.17, 15) is 14.4 Å². The number of methoxy groups -OCH3 is 1. The lowest BCUT2D eigenvalue weighted by Crippen LogP contribution is -2.53. The van der Waals surface area contributed by atoms with Gasteiger partial charge in [-0.05, 0) is 24.6 Å². The summed E-state index contributed by atoms with van der Waals surface area (Å²) in [5.74, 6) is -0.165. The summed E-state index contributed by atoms with van der Waals surface area (Å²) >= 11 is 0. The first-order valence-electron chi connectivity index (χ1n) is 10.7. The van der Waals surface area contributed by atoms with E-state index in [-0.39, 0.29) is 18.1 Å². The zero-order valence-corrected chi connectivity index (χ0v) is 18.7. The van der Waals surface area contributed by atoms with Gasteiger partial charge in [0.2, 0.25) is 0 Å². The molecule has 0 radical (unpaired) electrons. The van der Waals surface area contributed by atoms with Crippen molar-refractivity contribution >= 4 is 29.0 Å². The number of ether oxygens (including phenoxy) is 1. The van der Waals surface area contributed by atoms with Gasteiger partial charge in [-0.15, -0.1) is 0 Å². The molecule has 4 rings (SSSR count). The summed E-state index contributed by atoms with van der Waals surface area (Å²) in [6.07, 6.45) is 1.65. The average Bonchev–Trinajstić information content (AvgIpc) is 2.85. The van der Waals surface area contributed by atoms with E-state index in [1.807, 2.05) is 42.2 Å². The SMILES string of the molecule is COC(=O)CNC(=O)N1CCN(c2nc3cccnc3n(Cc3ccc(C)cc3)c2=O)CC1. The summed E-state index contributed by atoms with van der Waals surface area (Å²) < 4.78 is 6.19. The number of hydrogen-bond donors (Lipinski definition) is 1. The van der Waals surface area contributed by atoms with E-state index >= 15 is 0 Å². The third-order valence-corrected chi connectivity index (χ3v) is 5.62. The quantitative estimate of drug-likeness (QED) is 0.581. The second kappa shape index (κ2) is 9.68. The summed E-state index contributed by atoms with van der Waals surface area (Å²) in [4.78, 5) is 49.5. The van der Waals surface area contributed by atoms with Crippen molar-refractivity contribution in [1.82, 2.24) is 24.8 Å². The van der Waals surface area contributed by atoms with Crippen LogP contribution in [0.4, 0.5) is 10.6 Å². The molecule has 0 spiro atoms. The van der Waals surface area contributed by atoms with E-state index in [0.29, 0.717) is 49.7 Å². The lowest BCUT2D eigenvalue weighted by molar-refractivity contribution is -0.139. The number of anilines is 1. The van der Waals surface area contributed by atoms with Gasteiger partial charge in [-0.25, -0.2) is 14.8 Å². The lowest BCUT2D eigenvalue weighted by atomic mass is 10.1. The van der Waals surface area contributed by atoms with Crippen molar-refractivity contribution in [1.29, 1.82) is 0 Å². The number of amides is 2. The maximum Gasteiger partial charge on any atom is 0.325 e. The number of pyridine rings is 1. The van der Waals surface area contributed by atoms with Crippen LogP contribution in [0.5, 0.6) is 0 Å². The first-order valence-corrected chi connectivity index (χ1v) is 10.7. The number of fused-ring (bicyclic) bond motifs is 1. The van der Waals surface area contributed by atoms with Crippen LogP contribution in [0.2, 0.25) is 0 Å². The normalized spacial score (nSPS) is 13.8. The predicted molar refractivity (Wildman–Crippen MR) is 123 cm³/mol. The molecule has 3 aromatic rings. The van der Waals surface area contributed by atoms with Crippen molar-refractivity contribution in [2.75, 3.05) is 44.7 Å². The monoisotopic (exact) mass is 450 g/mol. The third-order valence-electron chi connectivity index (χ3n) is 5.62. The Kier molecular flexibility index (Phi) is 6.53. The Balaban J connectivity index is 1.56. The lowest BCUT2D eigenvalue weighted by Gasteiger charge is -2.35. The highest BCUT2D eigenvalue weighted by molar-refractivity contribution is 5.81. The summed E-state index contributed by atoms with van der Waals surface area (Å²) in [5, 5.41) is 2.54. The summed E-state index contributed by atoms with van der Waals surface area (Å²) in [6.45, 7) is 3.92. The number of benzene rings is 1. The molecule has 0 saturated carbocycles. The minimum absolute atomic E-state index is 0.182. The molecule has 10 heteroatoms. The van der Waals surface area contributed by atoms with Gasteiger partial charge in [0.25, 0.3) is 5.56 Å². The summed E-state index contributed by atoms with van der Waals surface area (Å²) in [7, 11) is 1.27. The van der Waals surface area contributed by atoms with Gasteiger partial charge in [0.05, 0.1) is 13.7 Å². The van der Waals surface area contributed by atoms with E-state index in [0.717, 1.165) is 11.1 Å². The number of urea groups is 1. The number of hydrogen-bond acceptors (Lipinski definition) is 7. The Morgan fingerprint density at radius 1 is 1.09 bits per heavy atom. The van der Waals surface area contributed by atoms with Crippen molar-refractivity contribution in [3.63, 3.8) is 0 Å². The number of aromatic nitrogens is 3. The van der Waals surface area contributed by atoms with Gasteiger partial charge in [-0.1, -0.05) is 29.8 Å². The van der Waals surface area contributed by atoms with Crippen LogP contribution in [-0.2, 0) is 16.1 Å². The van der Waals surface area contributed by atoms with Crippen LogP contribution in [0.1, 0.15) is 11.1 Å². The van der Waals surface area contributed by atoms with Gasteiger partial charge >= 0.3 is 12.0 Å². The summed E-state index contributed by atoms with van der Waals surface area (Å²) in [5.41, 5.74) is 3.10. The smallest absolute Gasteiger partial charge is 0.325 e. The number of nitrogens with one attached hydrogen (secondary N) is 1. The van der Waals surface area contributed by atoms with Gasteiger partial charge in [0.15, 0.2) is 11.5 Å². The molecule has 1 aromatic carbocycles. The van der Waals surface area contributed by atoms with Gasteiger partial charge in [-0.2, -0.15) is 0 Å². The Morgan fingerprint density at radius 3 is 2.52 bits per heavy atom. The maximum absolute atomic E-state index is 13.5. The second-order valence-corrected chi connectivity index (χ2v) is 7.87. The van der Waals surface area contributed by atoms with Crippen LogP contribution in [0.25, 0.3) is 11.2 Å². The molecule has 3 heterocycles. The van der Waals surface area contributed by atoms with E-state index < -0.39 is 5.97 Å². The molecule has 172 valence electrons. The molecule has 2 amide bonds. The maximum atomic E-state index is 13.5. The van der Waals surface area contributed by atoms with Crippen molar-refractivity contribution in [3.8, 4) is 0 Å². The molecule has 1 saturated heterocycles. The minimum Gasteiger partial charge on any atom is -0.468 e. The van der Waals surface area contributed by atoms with Gasteiger partial charge in [-0.3, -0.25) is 14.2 Å². The molecule has 2 aromatic heterocycles. The fourth-order valence-electron chi connectivity index (χ4n) is 3.74. The molecule has 0 unspecified atom stereocenters. The number of carbonyl (C=O) groups excluding carboxylic acids is 2. The first-order chi connectivity index (χ1) is 16.0. The highest BCUT2D eigenvalue weighted by atomic mass is 16.5. The Morgan fingerprint density at radius 2 is 1.82 bits per heavy atom. The first kappa shape index (κ1) is 22.3. The van der Waals surface area contributed by atoms with Crippen LogP contribution in [0.15, 0.2) is 47.4 Å². The predicted octanol–water partition coefficient (Wildman–Crippen LogP) is 1.15. The number of rotatable bonds is 5. The largest absolute Gasteiger partial charge is 0.468 e. The van der Waals surface area contributed by atoms with Crippen LogP contribution < -0.4 is 15.8 Å². The van der Waals surface area contributed by atoms with E-state index in [4.69, 9.17) is 0 Å². The highest BCUT2D eigenvalue weighted by Crippen LogP contribution is 2.16. The minimum atomic E-state index is -0.509. The van der Waals surface area contributed by atoms with Crippen molar-refractivity contribution < 1.29 is 14.3 Å². The molecule has 0 bridgehead atoms. The Labute approximate surface area is 190 Å². The molecule has 1 aliphatic heterocycles. The molecule has 1 N–H and O–H groups in total. The number of carbonyl (C=O) groups is 2. The fourth-order valence-corrected chi connectivity index (χ4v) is 3.74. The number of nitrogens with zero attached hydrogens (tertiary/aromatic N) is 5. The number of esters is 1. The molecule has 1 aliphatic rings. The molecule has 1 fully saturated rings. The van der Waals surface area contributed by atoms with Crippen molar-refractivity contribution in [3.05, 3.63) is 64.1 Å². The molecular weight excluding hydrogens is 424 g/mol. The Hall–Kier alpha value is -3.95. The second-order valence-electron chi connectivity index (χ2n) is 7.87. The van der Waals surface area contributed by atoms with Crippen LogP contribution in [-0.4, -0.2) is 71.3 Å². The fraction of sp³-hybridized carbons (Fsp3) is 0.348. The Bertz CT molecular complexity index is 1220. The highest BCUT2D eigenvalue weighted by Gasteiger charge is 2.25. The zero-order chi connectivity index (χ0) is 23.4. The molecule has 33 heavy (non-hydrogen) atoms. The van der Waals surface area contributed by atoms with Gasteiger partial charge in [0, 0.05) is 32.4 Å². The standard InChI is InChI=1S/C23H26N6O4/c1-16-5-7-17(8-6-16)15-29-20-18(4-3-9-24-20)26-21(22(29)31)27-10-12-28(13-11-27)23(32)25-14-19(30)33-2/h3-9H,10-15H2,1-2H3,(H,25,32). The van der Waals surface area contributed by atoms with Gasteiger partial charge < -0.3 is 19.9 Å². The topological polar surface area (TPSA) is 110 Å². The van der Waals surface area contributed by atoms with E-state index in [1.165, 1.54) is 7.11 Å². The van der Waals surface area contributed by atoms with E-state index in [1.54, 1.807) is 21.7 Å². The van der Waals surface area contributed by atoms with Crippen LogP contribution in [0, 0.1) is 6.92 Å². The third kappa shape index (κ3) is 4.94. The van der Waals surface area contributed by atoms with E-state index in [2.05, 4.69) is 20.0 Å². The number of piperazine rings is 1. The van der Waals surface area contributed by atoms with Crippen LogP contribution >= 0.6 is 0 Å². The zero-order valence-electron chi connectivity index (χ0n) is 18.7. The molecule has 0 atom stereocenters.